The molecule has 7 nitrogen and oxygen atoms in total. The molecule has 0 amide bonds. The Labute approximate surface area is 276 Å². The van der Waals surface area contributed by atoms with Gasteiger partial charge in [0.05, 0.1) is 40.1 Å². The van der Waals surface area contributed by atoms with Crippen molar-refractivity contribution in [2.24, 2.45) is 0 Å². The molecule has 1 aliphatic heterocycles. The summed E-state index contributed by atoms with van der Waals surface area (Å²) in [6.45, 7) is 1.79. The van der Waals surface area contributed by atoms with Gasteiger partial charge in [-0.05, 0) is 51.2 Å². The van der Waals surface area contributed by atoms with Crippen molar-refractivity contribution < 1.29 is 33.2 Å². The van der Waals surface area contributed by atoms with Gasteiger partial charge in [-0.25, -0.2) is 0 Å². The Bertz CT molecular complexity index is 1640. The number of hydrogen-bond acceptors (Lipinski definition) is 7. The highest BCUT2D eigenvalue weighted by Crippen LogP contribution is 2.31. The molecule has 1 saturated heterocycles. The van der Waals surface area contributed by atoms with Gasteiger partial charge in [0.15, 0.2) is 6.29 Å². The second-order valence-electron chi connectivity index (χ2n) is 11.6. The largest absolute Gasteiger partial charge is 0.497 e. The molecule has 1 heterocycles. The molecule has 1 fully saturated rings. The summed E-state index contributed by atoms with van der Waals surface area (Å²) in [5.41, 5.74) is 4.17. The van der Waals surface area contributed by atoms with Crippen molar-refractivity contribution in [1.82, 2.24) is 0 Å². The van der Waals surface area contributed by atoms with Crippen LogP contribution < -0.4 is 4.74 Å². The third-order valence-electron chi connectivity index (χ3n) is 8.36. The zero-order valence-corrected chi connectivity index (χ0v) is 26.9. The highest BCUT2D eigenvalue weighted by atomic mass is 16.7. The van der Waals surface area contributed by atoms with Crippen LogP contribution in [0.3, 0.4) is 0 Å². The van der Waals surface area contributed by atoms with Crippen LogP contribution >= 0.6 is 0 Å². The van der Waals surface area contributed by atoms with E-state index in [0.717, 1.165) is 28.0 Å². The summed E-state index contributed by atoms with van der Waals surface area (Å²) in [7, 11) is 3.28. The van der Waals surface area contributed by atoms with Crippen molar-refractivity contribution in [2.75, 3.05) is 20.8 Å². The summed E-state index contributed by atoms with van der Waals surface area (Å²) < 4.78 is 44.1. The lowest BCUT2D eigenvalue weighted by atomic mass is 9.97. The average Bonchev–Trinajstić information content (AvgIpc) is 3.13. The number of ether oxygens (including phenoxy) is 7. The number of benzene rings is 5. The average molecular weight is 635 g/mol. The fourth-order valence-electron chi connectivity index (χ4n) is 5.84. The first-order chi connectivity index (χ1) is 23.2. The van der Waals surface area contributed by atoms with Gasteiger partial charge in [0.25, 0.3) is 0 Å². The molecule has 47 heavy (non-hydrogen) atoms. The van der Waals surface area contributed by atoms with Gasteiger partial charge in [-0.2, -0.15) is 0 Å². The number of fused-ring (bicyclic) bond motifs is 1. The lowest BCUT2D eigenvalue weighted by molar-refractivity contribution is -0.323. The van der Waals surface area contributed by atoms with Crippen molar-refractivity contribution >= 4 is 10.8 Å². The van der Waals surface area contributed by atoms with E-state index in [1.54, 1.807) is 14.2 Å². The number of methoxy groups -OCH3 is 2. The standard InChI is InChI=1S/C40H42O7/c1-41-35-21-18-31(19-22-35)27-44-37-36(28-43-24-32-17-20-33-15-9-10-16-34(33)23-32)47-40(42-2)39(46-26-30-13-7-4-8-14-30)38(37)45-25-29-11-5-3-6-12-29/h3-23,36-40H,24-28H2,1-2H3/t36-,37+,38+,39-,40+/m1/s1. The molecule has 0 unspecified atom stereocenters. The van der Waals surface area contributed by atoms with Gasteiger partial charge in [0.1, 0.15) is 30.2 Å². The van der Waals surface area contributed by atoms with E-state index < -0.39 is 30.7 Å². The highest BCUT2D eigenvalue weighted by Gasteiger charge is 2.48. The molecule has 7 heteroatoms. The maximum atomic E-state index is 6.70. The maximum absolute atomic E-state index is 6.70. The van der Waals surface area contributed by atoms with E-state index in [1.165, 1.54) is 10.8 Å². The topological polar surface area (TPSA) is 64.6 Å². The van der Waals surface area contributed by atoms with Crippen LogP contribution in [-0.4, -0.2) is 51.5 Å². The highest BCUT2D eigenvalue weighted by molar-refractivity contribution is 5.82. The predicted octanol–water partition coefficient (Wildman–Crippen LogP) is 7.49. The molecule has 244 valence electrons. The molecule has 5 atom stereocenters. The SMILES string of the molecule is COc1ccc(CO[C@@H]2[C@H](OCc3ccccc3)[C@@H](OCc3ccccc3)[C@@H](OC)O[C@@H]2COCc2ccc3ccccc3c2)cc1. The van der Waals surface area contributed by atoms with E-state index >= 15 is 0 Å². The monoisotopic (exact) mass is 634 g/mol. The fourth-order valence-corrected chi connectivity index (χ4v) is 5.84. The van der Waals surface area contributed by atoms with Crippen LogP contribution in [0.25, 0.3) is 10.8 Å². The van der Waals surface area contributed by atoms with Crippen LogP contribution in [0.2, 0.25) is 0 Å². The fraction of sp³-hybridized carbons (Fsp3) is 0.300. The summed E-state index contributed by atoms with van der Waals surface area (Å²) in [5.74, 6) is 0.788. The molecule has 0 saturated carbocycles. The molecule has 5 aromatic rings. The Morgan fingerprint density at radius 1 is 0.511 bits per heavy atom. The van der Waals surface area contributed by atoms with E-state index in [9.17, 15) is 0 Å². The van der Waals surface area contributed by atoms with E-state index in [0.29, 0.717) is 26.4 Å². The third-order valence-corrected chi connectivity index (χ3v) is 8.36. The molecular weight excluding hydrogens is 592 g/mol. The lowest BCUT2D eigenvalue weighted by Gasteiger charge is -2.45. The molecule has 6 rings (SSSR count). The first-order valence-corrected chi connectivity index (χ1v) is 16.0. The van der Waals surface area contributed by atoms with Crippen molar-refractivity contribution in [3.63, 3.8) is 0 Å². The Hall–Kier alpha value is -4.08. The van der Waals surface area contributed by atoms with Crippen LogP contribution in [0.15, 0.2) is 127 Å². The van der Waals surface area contributed by atoms with Crippen LogP contribution in [-0.2, 0) is 54.8 Å². The summed E-state index contributed by atoms with van der Waals surface area (Å²) in [4.78, 5) is 0. The van der Waals surface area contributed by atoms with Gasteiger partial charge in [-0.15, -0.1) is 0 Å². The second kappa shape index (κ2) is 16.7. The van der Waals surface area contributed by atoms with Gasteiger partial charge in [0.2, 0.25) is 0 Å². The van der Waals surface area contributed by atoms with E-state index in [1.807, 2.05) is 97.1 Å². The van der Waals surface area contributed by atoms with Gasteiger partial charge >= 0.3 is 0 Å². The first-order valence-electron chi connectivity index (χ1n) is 16.0. The predicted molar refractivity (Wildman–Crippen MR) is 181 cm³/mol. The number of hydrogen-bond donors (Lipinski definition) is 0. The van der Waals surface area contributed by atoms with E-state index in [2.05, 4.69) is 30.3 Å². The minimum atomic E-state index is -0.699. The zero-order valence-electron chi connectivity index (χ0n) is 26.9. The molecule has 0 N–H and O–H groups in total. The van der Waals surface area contributed by atoms with Gasteiger partial charge in [0, 0.05) is 7.11 Å². The summed E-state index contributed by atoms with van der Waals surface area (Å²) in [5, 5.41) is 2.37. The molecule has 0 aliphatic carbocycles. The van der Waals surface area contributed by atoms with Crippen LogP contribution in [0, 0.1) is 0 Å². The Morgan fingerprint density at radius 3 is 1.70 bits per heavy atom. The molecular formula is C40H42O7. The van der Waals surface area contributed by atoms with Crippen molar-refractivity contribution in [2.45, 2.75) is 57.1 Å². The number of rotatable bonds is 15. The van der Waals surface area contributed by atoms with Crippen LogP contribution in [0.5, 0.6) is 5.75 Å². The molecule has 0 aromatic heterocycles. The minimum Gasteiger partial charge on any atom is -0.497 e. The Balaban J connectivity index is 1.24. The van der Waals surface area contributed by atoms with Crippen LogP contribution in [0.4, 0.5) is 0 Å². The van der Waals surface area contributed by atoms with Crippen LogP contribution in [0.1, 0.15) is 22.3 Å². The quantitative estimate of drug-likeness (QED) is 0.118. The van der Waals surface area contributed by atoms with Gasteiger partial charge in [-0.1, -0.05) is 109 Å². The Kier molecular flexibility index (Phi) is 11.6. The zero-order chi connectivity index (χ0) is 32.3. The smallest absolute Gasteiger partial charge is 0.186 e. The van der Waals surface area contributed by atoms with Gasteiger partial charge < -0.3 is 33.2 Å². The third kappa shape index (κ3) is 8.84. The molecule has 1 aliphatic rings. The Morgan fingerprint density at radius 2 is 1.06 bits per heavy atom. The van der Waals surface area contributed by atoms with E-state index in [-0.39, 0.29) is 6.61 Å². The summed E-state index contributed by atoms with van der Waals surface area (Å²) >= 11 is 0. The summed E-state index contributed by atoms with van der Waals surface area (Å²) in [6, 6.07) is 42.7. The van der Waals surface area contributed by atoms with Crippen molar-refractivity contribution in [3.05, 3.63) is 150 Å². The van der Waals surface area contributed by atoms with Crippen molar-refractivity contribution in [3.8, 4) is 5.75 Å². The first kappa shape index (κ1) is 32.8. The lowest BCUT2D eigenvalue weighted by Crippen LogP contribution is -2.61. The van der Waals surface area contributed by atoms with Crippen molar-refractivity contribution in [1.29, 1.82) is 0 Å². The summed E-state index contributed by atoms with van der Waals surface area (Å²) in [6.07, 6.45) is -2.80. The van der Waals surface area contributed by atoms with E-state index in [4.69, 9.17) is 33.2 Å². The minimum absolute atomic E-state index is 0.274. The molecule has 5 aromatic carbocycles. The maximum Gasteiger partial charge on any atom is 0.186 e. The van der Waals surface area contributed by atoms with Gasteiger partial charge in [-0.3, -0.25) is 0 Å². The molecule has 0 spiro atoms. The normalized spacial score (nSPS) is 21.1. The second-order valence-corrected chi connectivity index (χ2v) is 11.6. The molecule has 0 radical (unpaired) electrons. The molecule has 0 bridgehead atoms.